The van der Waals surface area contributed by atoms with Gasteiger partial charge < -0.3 is 10.4 Å². The number of carbonyl (C=O) groups is 1. The molecule has 2 N–H and O–H groups in total. The molecular weight excluding hydrogens is 214 g/mol. The molecule has 0 saturated heterocycles. The molecule has 0 unspecified atom stereocenters. The maximum Gasteiger partial charge on any atom is 0.223 e. The molecule has 17 heavy (non-hydrogen) atoms. The quantitative estimate of drug-likeness (QED) is 0.789. The second-order valence-electron chi connectivity index (χ2n) is 5.80. The van der Waals surface area contributed by atoms with Gasteiger partial charge in [0, 0.05) is 19.1 Å². The van der Waals surface area contributed by atoms with Gasteiger partial charge in [0.15, 0.2) is 0 Å². The third-order valence-corrected chi connectivity index (χ3v) is 4.52. The van der Waals surface area contributed by atoms with Crippen molar-refractivity contribution in [1.29, 1.82) is 0 Å². The number of aliphatic hydroxyl groups excluding tert-OH is 1. The van der Waals surface area contributed by atoms with E-state index in [1.165, 1.54) is 25.7 Å². The average Bonchev–Trinajstić information content (AvgIpc) is 2.89. The van der Waals surface area contributed by atoms with Crippen LogP contribution >= 0.6 is 0 Å². The Balaban J connectivity index is 1.66. The van der Waals surface area contributed by atoms with Crippen LogP contribution in [0.5, 0.6) is 0 Å². The van der Waals surface area contributed by atoms with Crippen molar-refractivity contribution in [2.24, 2.45) is 17.8 Å². The van der Waals surface area contributed by atoms with Gasteiger partial charge in [0.05, 0.1) is 0 Å². The zero-order valence-corrected chi connectivity index (χ0v) is 10.7. The lowest BCUT2D eigenvalue weighted by atomic mass is 9.82. The van der Waals surface area contributed by atoms with Gasteiger partial charge in [-0.05, 0) is 50.4 Å². The topological polar surface area (TPSA) is 49.3 Å². The fourth-order valence-electron chi connectivity index (χ4n) is 3.21. The summed E-state index contributed by atoms with van der Waals surface area (Å²) in [5, 5.41) is 12.2. The second-order valence-corrected chi connectivity index (χ2v) is 5.80. The summed E-state index contributed by atoms with van der Waals surface area (Å²) in [6.45, 7) is 1.18. The van der Waals surface area contributed by atoms with Crippen LogP contribution < -0.4 is 5.32 Å². The predicted octanol–water partition coefficient (Wildman–Crippen LogP) is 2.09. The summed E-state index contributed by atoms with van der Waals surface area (Å²) < 4.78 is 0. The fraction of sp³-hybridized carbons (Fsp3) is 0.929. The largest absolute Gasteiger partial charge is 0.396 e. The van der Waals surface area contributed by atoms with Crippen LogP contribution in [0.3, 0.4) is 0 Å². The molecule has 2 saturated carbocycles. The molecule has 2 aliphatic rings. The SMILES string of the molecule is O=C(NCC1CCCC1)C1CCC(CO)CC1. The van der Waals surface area contributed by atoms with Gasteiger partial charge in [-0.3, -0.25) is 4.79 Å². The molecule has 0 bridgehead atoms. The lowest BCUT2D eigenvalue weighted by Gasteiger charge is -2.26. The van der Waals surface area contributed by atoms with E-state index in [2.05, 4.69) is 5.32 Å². The van der Waals surface area contributed by atoms with Gasteiger partial charge in [-0.1, -0.05) is 12.8 Å². The Morgan fingerprint density at radius 3 is 2.24 bits per heavy atom. The first-order valence-corrected chi connectivity index (χ1v) is 7.18. The Kier molecular flexibility index (Phi) is 4.84. The smallest absolute Gasteiger partial charge is 0.223 e. The molecule has 2 rings (SSSR count). The maximum absolute atomic E-state index is 12.0. The van der Waals surface area contributed by atoms with E-state index in [0.717, 1.165) is 38.1 Å². The molecule has 0 aliphatic heterocycles. The number of nitrogens with one attached hydrogen (secondary N) is 1. The molecule has 0 aromatic heterocycles. The Bertz CT molecular complexity index is 241. The number of rotatable bonds is 4. The monoisotopic (exact) mass is 239 g/mol. The van der Waals surface area contributed by atoms with Crippen molar-refractivity contribution in [3.05, 3.63) is 0 Å². The minimum absolute atomic E-state index is 0.208. The molecule has 0 radical (unpaired) electrons. The van der Waals surface area contributed by atoms with Gasteiger partial charge in [0.25, 0.3) is 0 Å². The van der Waals surface area contributed by atoms with Crippen molar-refractivity contribution in [3.8, 4) is 0 Å². The molecule has 0 spiro atoms. The van der Waals surface area contributed by atoms with Crippen LogP contribution in [0, 0.1) is 17.8 Å². The van der Waals surface area contributed by atoms with Gasteiger partial charge in [-0.15, -0.1) is 0 Å². The van der Waals surface area contributed by atoms with E-state index in [4.69, 9.17) is 5.11 Å². The molecule has 0 heterocycles. The van der Waals surface area contributed by atoms with Crippen LogP contribution in [0.4, 0.5) is 0 Å². The highest BCUT2D eigenvalue weighted by atomic mass is 16.3. The van der Waals surface area contributed by atoms with E-state index in [0.29, 0.717) is 5.92 Å². The molecule has 2 aliphatic carbocycles. The lowest BCUT2D eigenvalue weighted by molar-refractivity contribution is -0.126. The molecular formula is C14H25NO2. The third-order valence-electron chi connectivity index (χ3n) is 4.52. The highest BCUT2D eigenvalue weighted by Crippen LogP contribution is 2.29. The second kappa shape index (κ2) is 6.39. The molecule has 0 aromatic rings. The maximum atomic E-state index is 12.0. The average molecular weight is 239 g/mol. The first kappa shape index (κ1) is 12.9. The highest BCUT2D eigenvalue weighted by molar-refractivity contribution is 5.78. The Hall–Kier alpha value is -0.570. The van der Waals surface area contributed by atoms with Gasteiger partial charge in [0.1, 0.15) is 0 Å². The molecule has 0 aromatic carbocycles. The van der Waals surface area contributed by atoms with Gasteiger partial charge in [-0.25, -0.2) is 0 Å². The van der Waals surface area contributed by atoms with Crippen molar-refractivity contribution in [2.75, 3.05) is 13.2 Å². The van der Waals surface area contributed by atoms with E-state index in [1.54, 1.807) is 0 Å². The van der Waals surface area contributed by atoms with E-state index < -0.39 is 0 Å². The summed E-state index contributed by atoms with van der Waals surface area (Å²) in [7, 11) is 0. The minimum Gasteiger partial charge on any atom is -0.396 e. The standard InChI is InChI=1S/C14H25NO2/c16-10-12-5-7-13(8-6-12)14(17)15-9-11-3-1-2-4-11/h11-13,16H,1-10H2,(H,15,17). The minimum atomic E-state index is 0.208. The number of hydrogen-bond donors (Lipinski definition) is 2. The summed E-state index contributed by atoms with van der Waals surface area (Å²) in [4.78, 5) is 12.0. The first-order chi connectivity index (χ1) is 8.29. The van der Waals surface area contributed by atoms with Crippen molar-refractivity contribution >= 4 is 5.91 Å². The van der Waals surface area contributed by atoms with Gasteiger partial charge in [-0.2, -0.15) is 0 Å². The molecule has 98 valence electrons. The van der Waals surface area contributed by atoms with E-state index >= 15 is 0 Å². The summed E-state index contributed by atoms with van der Waals surface area (Å²) >= 11 is 0. The number of carbonyl (C=O) groups excluding carboxylic acids is 1. The number of amides is 1. The zero-order valence-electron chi connectivity index (χ0n) is 10.7. The summed E-state index contributed by atoms with van der Waals surface area (Å²) in [5.41, 5.74) is 0. The summed E-state index contributed by atoms with van der Waals surface area (Å²) in [6, 6.07) is 0. The number of aliphatic hydroxyl groups is 1. The van der Waals surface area contributed by atoms with Crippen LogP contribution in [-0.4, -0.2) is 24.2 Å². The van der Waals surface area contributed by atoms with Crippen LogP contribution in [-0.2, 0) is 4.79 Å². The van der Waals surface area contributed by atoms with E-state index in [9.17, 15) is 4.79 Å². The highest BCUT2D eigenvalue weighted by Gasteiger charge is 2.26. The van der Waals surface area contributed by atoms with Crippen LogP contribution in [0.2, 0.25) is 0 Å². The molecule has 3 heteroatoms. The van der Waals surface area contributed by atoms with E-state index in [-0.39, 0.29) is 18.4 Å². The Morgan fingerprint density at radius 2 is 1.65 bits per heavy atom. The molecule has 1 amide bonds. The Labute approximate surface area is 104 Å². The van der Waals surface area contributed by atoms with Crippen LogP contribution in [0.15, 0.2) is 0 Å². The number of hydrogen-bond acceptors (Lipinski definition) is 2. The first-order valence-electron chi connectivity index (χ1n) is 7.18. The van der Waals surface area contributed by atoms with E-state index in [1.807, 2.05) is 0 Å². The van der Waals surface area contributed by atoms with Gasteiger partial charge in [0.2, 0.25) is 5.91 Å². The van der Waals surface area contributed by atoms with Crippen molar-refractivity contribution in [2.45, 2.75) is 51.4 Å². The molecule has 3 nitrogen and oxygen atoms in total. The van der Waals surface area contributed by atoms with Crippen LogP contribution in [0.1, 0.15) is 51.4 Å². The fourth-order valence-corrected chi connectivity index (χ4v) is 3.21. The molecule has 0 atom stereocenters. The van der Waals surface area contributed by atoms with Crippen molar-refractivity contribution < 1.29 is 9.90 Å². The predicted molar refractivity (Wildman–Crippen MR) is 67.5 cm³/mol. The van der Waals surface area contributed by atoms with Crippen molar-refractivity contribution in [1.82, 2.24) is 5.32 Å². The Morgan fingerprint density at radius 1 is 1.00 bits per heavy atom. The van der Waals surface area contributed by atoms with Gasteiger partial charge >= 0.3 is 0 Å². The molecule has 2 fully saturated rings. The summed E-state index contributed by atoms with van der Waals surface area (Å²) in [6.07, 6.45) is 9.19. The lowest BCUT2D eigenvalue weighted by Crippen LogP contribution is -2.36. The third kappa shape index (κ3) is 3.70. The summed E-state index contributed by atoms with van der Waals surface area (Å²) in [5.74, 6) is 1.63. The van der Waals surface area contributed by atoms with Crippen LogP contribution in [0.25, 0.3) is 0 Å². The normalized spacial score (nSPS) is 30.4. The van der Waals surface area contributed by atoms with Crippen molar-refractivity contribution in [3.63, 3.8) is 0 Å². The zero-order chi connectivity index (χ0) is 12.1.